The third-order valence-electron chi connectivity index (χ3n) is 4.43. The molecule has 0 atom stereocenters. The zero-order chi connectivity index (χ0) is 19.4. The topological polar surface area (TPSA) is 83.0 Å². The van der Waals surface area contributed by atoms with E-state index in [4.69, 9.17) is 22.1 Å². The summed E-state index contributed by atoms with van der Waals surface area (Å²) in [6, 6.07) is 7.93. The molecule has 6 nitrogen and oxygen atoms in total. The highest BCUT2D eigenvalue weighted by molar-refractivity contribution is 7.71. The summed E-state index contributed by atoms with van der Waals surface area (Å²) in [6.45, 7) is 7.23. The third-order valence-corrected chi connectivity index (χ3v) is 4.75. The number of aromatic nitrogens is 3. The second-order valence-corrected chi connectivity index (χ2v) is 6.83. The van der Waals surface area contributed by atoms with E-state index in [1.54, 1.807) is 6.20 Å². The van der Waals surface area contributed by atoms with Gasteiger partial charge in [0.15, 0.2) is 4.77 Å². The summed E-state index contributed by atoms with van der Waals surface area (Å²) >= 11 is 5.38. The van der Waals surface area contributed by atoms with Gasteiger partial charge in [0.05, 0.1) is 18.7 Å². The predicted molar refractivity (Wildman–Crippen MR) is 109 cm³/mol. The van der Waals surface area contributed by atoms with Gasteiger partial charge in [0.1, 0.15) is 11.3 Å². The van der Waals surface area contributed by atoms with Crippen molar-refractivity contribution in [1.29, 1.82) is 0 Å². The molecule has 3 aromatic rings. The number of aromatic amines is 2. The zero-order valence-electron chi connectivity index (χ0n) is 15.2. The number of aryl methyl sites for hydroxylation is 1. The summed E-state index contributed by atoms with van der Waals surface area (Å²) < 4.78 is 8.03. The Labute approximate surface area is 162 Å². The van der Waals surface area contributed by atoms with E-state index in [0.29, 0.717) is 35.6 Å². The van der Waals surface area contributed by atoms with Crippen LogP contribution in [0.25, 0.3) is 16.8 Å². The molecule has 1 aromatic carbocycles. The monoisotopic (exact) mass is 385 g/mol. The largest absolute Gasteiger partial charge is 0.494 e. The van der Waals surface area contributed by atoms with Crippen LogP contribution < -0.4 is 5.56 Å². The fourth-order valence-corrected chi connectivity index (χ4v) is 3.26. The number of fused-ring (bicyclic) bond motifs is 1. The third kappa shape index (κ3) is 4.20. The fraction of sp³-hybridized carbons (Fsp3) is 0.300. The minimum Gasteiger partial charge on any atom is -0.494 e. The molecule has 27 heavy (non-hydrogen) atoms. The maximum Gasteiger partial charge on any atom is 0.276 e. The maximum absolute atomic E-state index is 12.0. The standard InChI is InChI=1S/C20H23N3O3S/c1-13-5-6-15(16(11-13)14(2)26-10-4-3-9-24)12-23-17-7-8-21-18(17)19(25)22-20(23)27/h5-8,11,21,24H,2-4,9-10,12H2,1H3,(H,22,25,27). The number of hydrogen-bond acceptors (Lipinski definition) is 4. The average molecular weight is 385 g/mol. The molecule has 3 N–H and O–H groups in total. The first-order valence-electron chi connectivity index (χ1n) is 8.84. The molecule has 142 valence electrons. The molecule has 0 radical (unpaired) electrons. The number of H-pyrrole nitrogens is 2. The summed E-state index contributed by atoms with van der Waals surface area (Å²) in [4.78, 5) is 17.7. The van der Waals surface area contributed by atoms with Gasteiger partial charge in [0.2, 0.25) is 0 Å². The number of nitrogens with zero attached hydrogens (tertiary/aromatic N) is 1. The van der Waals surface area contributed by atoms with Crippen LogP contribution in [0.4, 0.5) is 0 Å². The van der Waals surface area contributed by atoms with Crippen molar-refractivity contribution < 1.29 is 9.84 Å². The Morgan fingerprint density at radius 1 is 1.33 bits per heavy atom. The summed E-state index contributed by atoms with van der Waals surface area (Å²) in [5.41, 5.74) is 4.04. The lowest BCUT2D eigenvalue weighted by molar-refractivity contribution is 0.235. The average Bonchev–Trinajstić information content (AvgIpc) is 3.13. The summed E-state index contributed by atoms with van der Waals surface area (Å²) in [5.74, 6) is 0.591. The van der Waals surface area contributed by atoms with Crippen molar-refractivity contribution in [1.82, 2.24) is 14.5 Å². The molecule has 0 saturated heterocycles. The number of hydrogen-bond donors (Lipinski definition) is 3. The first-order valence-corrected chi connectivity index (χ1v) is 9.24. The van der Waals surface area contributed by atoms with Crippen molar-refractivity contribution in [2.45, 2.75) is 26.3 Å². The van der Waals surface area contributed by atoms with E-state index in [0.717, 1.165) is 28.6 Å². The van der Waals surface area contributed by atoms with Crippen molar-refractivity contribution in [2.24, 2.45) is 0 Å². The summed E-state index contributed by atoms with van der Waals surface area (Å²) in [6.07, 6.45) is 3.20. The Morgan fingerprint density at radius 3 is 2.93 bits per heavy atom. The highest BCUT2D eigenvalue weighted by atomic mass is 32.1. The molecule has 0 spiro atoms. The van der Waals surface area contributed by atoms with Crippen LogP contribution in [-0.2, 0) is 11.3 Å². The Bertz CT molecular complexity index is 1080. The molecule has 3 rings (SSSR count). The minimum absolute atomic E-state index is 0.155. The number of unbranched alkanes of at least 4 members (excludes halogenated alkanes) is 1. The lowest BCUT2D eigenvalue weighted by Crippen LogP contribution is -2.15. The fourth-order valence-electron chi connectivity index (χ4n) is 3.01. The Kier molecular flexibility index (Phi) is 5.93. The Morgan fingerprint density at radius 2 is 2.15 bits per heavy atom. The Balaban J connectivity index is 1.94. The molecule has 2 heterocycles. The second kappa shape index (κ2) is 8.37. The SMILES string of the molecule is C=C(OCCCCO)c1cc(C)ccc1Cn1c(=S)[nH]c(=O)c2[nH]ccc21. The second-order valence-electron chi connectivity index (χ2n) is 6.45. The molecule has 0 saturated carbocycles. The Hall–Kier alpha value is -2.64. The molecule has 0 unspecified atom stereocenters. The molecule has 0 fully saturated rings. The van der Waals surface area contributed by atoms with Crippen molar-refractivity contribution in [3.63, 3.8) is 0 Å². The smallest absolute Gasteiger partial charge is 0.276 e. The van der Waals surface area contributed by atoms with Gasteiger partial charge in [-0.25, -0.2) is 0 Å². The van der Waals surface area contributed by atoms with Crippen LogP contribution >= 0.6 is 12.2 Å². The van der Waals surface area contributed by atoms with Crippen LogP contribution in [0.15, 0.2) is 41.8 Å². The van der Waals surface area contributed by atoms with Crippen LogP contribution in [-0.4, -0.2) is 32.9 Å². The molecular formula is C20H23N3O3S. The minimum atomic E-state index is -0.225. The van der Waals surface area contributed by atoms with Crippen LogP contribution in [0.5, 0.6) is 0 Å². The molecular weight excluding hydrogens is 362 g/mol. The molecule has 7 heteroatoms. The molecule has 0 aliphatic carbocycles. The van der Waals surface area contributed by atoms with Gasteiger partial charge in [-0.15, -0.1) is 0 Å². The number of aliphatic hydroxyl groups excluding tert-OH is 1. The summed E-state index contributed by atoms with van der Waals surface area (Å²) in [5, 5.41) is 8.89. The highest BCUT2D eigenvalue weighted by Gasteiger charge is 2.12. The highest BCUT2D eigenvalue weighted by Crippen LogP contribution is 2.23. The van der Waals surface area contributed by atoms with E-state index < -0.39 is 0 Å². The molecule has 0 bridgehead atoms. The van der Waals surface area contributed by atoms with Gasteiger partial charge in [0, 0.05) is 18.4 Å². The van der Waals surface area contributed by atoms with Gasteiger partial charge in [-0.2, -0.15) is 0 Å². The van der Waals surface area contributed by atoms with Crippen LogP contribution in [0.2, 0.25) is 0 Å². The first-order chi connectivity index (χ1) is 13.0. The van der Waals surface area contributed by atoms with Gasteiger partial charge in [-0.05, 0) is 49.7 Å². The van der Waals surface area contributed by atoms with E-state index in [-0.39, 0.29) is 12.2 Å². The van der Waals surface area contributed by atoms with Crippen LogP contribution in [0, 0.1) is 11.7 Å². The van der Waals surface area contributed by atoms with E-state index in [2.05, 4.69) is 16.5 Å². The lowest BCUT2D eigenvalue weighted by Gasteiger charge is -2.16. The summed E-state index contributed by atoms with van der Waals surface area (Å²) in [7, 11) is 0. The van der Waals surface area contributed by atoms with Crippen LogP contribution in [0.1, 0.15) is 29.5 Å². The van der Waals surface area contributed by atoms with Gasteiger partial charge in [-0.1, -0.05) is 24.3 Å². The number of benzene rings is 1. The van der Waals surface area contributed by atoms with E-state index in [1.807, 2.05) is 35.8 Å². The maximum atomic E-state index is 12.0. The lowest BCUT2D eigenvalue weighted by atomic mass is 10.0. The molecule has 0 amide bonds. The van der Waals surface area contributed by atoms with Gasteiger partial charge >= 0.3 is 0 Å². The van der Waals surface area contributed by atoms with Gasteiger partial charge < -0.3 is 19.4 Å². The van der Waals surface area contributed by atoms with Gasteiger partial charge in [0.25, 0.3) is 5.56 Å². The van der Waals surface area contributed by atoms with Crippen molar-refractivity contribution in [2.75, 3.05) is 13.2 Å². The van der Waals surface area contributed by atoms with Crippen molar-refractivity contribution in [3.8, 4) is 0 Å². The first kappa shape index (κ1) is 19.1. The predicted octanol–water partition coefficient (Wildman–Crippen LogP) is 3.50. The van der Waals surface area contributed by atoms with E-state index in [9.17, 15) is 4.79 Å². The zero-order valence-corrected chi connectivity index (χ0v) is 16.1. The van der Waals surface area contributed by atoms with Crippen LogP contribution in [0.3, 0.4) is 0 Å². The van der Waals surface area contributed by atoms with Crippen molar-refractivity contribution >= 4 is 29.0 Å². The molecule has 0 aliphatic heterocycles. The van der Waals surface area contributed by atoms with Gasteiger partial charge in [-0.3, -0.25) is 9.78 Å². The number of ether oxygens (including phenoxy) is 1. The number of rotatable bonds is 8. The van der Waals surface area contributed by atoms with Crippen molar-refractivity contribution in [3.05, 3.63) is 68.9 Å². The number of aliphatic hydroxyl groups is 1. The molecule has 2 aromatic heterocycles. The quantitative estimate of drug-likeness (QED) is 0.315. The van der Waals surface area contributed by atoms with E-state index in [1.165, 1.54) is 0 Å². The number of nitrogens with one attached hydrogen (secondary N) is 2. The normalized spacial score (nSPS) is 11.0. The molecule has 0 aliphatic rings. The van der Waals surface area contributed by atoms with E-state index >= 15 is 0 Å².